The summed E-state index contributed by atoms with van der Waals surface area (Å²) in [5.41, 5.74) is 0.904. The van der Waals surface area contributed by atoms with Crippen LogP contribution in [0.5, 0.6) is 17.2 Å². The molecule has 2 saturated heterocycles. The molecule has 0 saturated carbocycles. The number of rotatable bonds is 13. The van der Waals surface area contributed by atoms with Gasteiger partial charge in [0.1, 0.15) is 41.2 Å². The topological polar surface area (TPSA) is 233 Å². The summed E-state index contributed by atoms with van der Waals surface area (Å²) in [6.07, 6.45) is -1.09. The highest BCUT2D eigenvalue weighted by molar-refractivity contribution is 5.99. The first-order valence-corrected chi connectivity index (χ1v) is 18.4. The van der Waals surface area contributed by atoms with E-state index in [0.29, 0.717) is 11.1 Å². The molecule has 62 heavy (non-hydrogen) atoms. The Morgan fingerprint density at radius 3 is 1.40 bits per heavy atom. The van der Waals surface area contributed by atoms with Gasteiger partial charge in [0, 0.05) is 0 Å². The summed E-state index contributed by atoms with van der Waals surface area (Å²) in [6.45, 7) is -0.264. The number of nitriles is 2. The van der Waals surface area contributed by atoms with Gasteiger partial charge < -0.3 is 42.6 Å². The average Bonchev–Trinajstić information content (AvgIpc) is 3.89. The monoisotopic (exact) mass is 842 g/mol. The largest absolute Gasteiger partial charge is 0.493 e. The number of ether oxygens (including phenoxy) is 9. The van der Waals surface area contributed by atoms with Gasteiger partial charge in [0.05, 0.1) is 56.8 Å². The molecule has 17 nitrogen and oxygen atoms in total. The van der Waals surface area contributed by atoms with Crippen LogP contribution in [0.3, 0.4) is 0 Å². The Bertz CT molecular complexity index is 2530. The highest BCUT2D eigenvalue weighted by Gasteiger charge is 2.51. The first kappa shape index (κ1) is 43.5. The van der Waals surface area contributed by atoms with Gasteiger partial charge in [-0.2, -0.15) is 10.5 Å². The van der Waals surface area contributed by atoms with Crippen molar-refractivity contribution in [1.82, 2.24) is 0 Å². The number of esters is 6. The third kappa shape index (κ3) is 10.2. The zero-order valence-electron chi connectivity index (χ0n) is 33.1. The molecule has 4 aromatic carbocycles. The Morgan fingerprint density at radius 2 is 0.968 bits per heavy atom. The Kier molecular flexibility index (Phi) is 13.8. The molecular formula is C45H34N2O15. The molecule has 0 aliphatic carbocycles. The Morgan fingerprint density at radius 1 is 0.548 bits per heavy atom. The molecule has 0 amide bonds. The van der Waals surface area contributed by atoms with E-state index in [0.717, 1.165) is 0 Å². The first-order chi connectivity index (χ1) is 29.9. The van der Waals surface area contributed by atoms with Crippen LogP contribution in [0.4, 0.5) is 0 Å². The van der Waals surface area contributed by atoms with E-state index in [1.165, 1.54) is 124 Å². The van der Waals surface area contributed by atoms with Crippen molar-refractivity contribution in [2.24, 2.45) is 0 Å². The molecule has 2 heterocycles. The van der Waals surface area contributed by atoms with Crippen molar-refractivity contribution in [3.63, 3.8) is 0 Å². The normalized spacial score (nSPS) is 17.9. The molecular weight excluding hydrogens is 808 g/mol. The minimum atomic E-state index is -0.986. The second-order valence-electron chi connectivity index (χ2n) is 13.2. The third-order valence-corrected chi connectivity index (χ3v) is 9.35. The molecule has 6 rings (SSSR count). The van der Waals surface area contributed by atoms with Crippen LogP contribution < -0.4 is 14.2 Å². The van der Waals surface area contributed by atoms with E-state index in [-0.39, 0.29) is 63.9 Å². The molecule has 0 aromatic heterocycles. The van der Waals surface area contributed by atoms with E-state index in [4.69, 9.17) is 33.2 Å². The summed E-state index contributed by atoms with van der Waals surface area (Å²) < 4.78 is 48.2. The molecule has 0 unspecified atom stereocenters. The van der Waals surface area contributed by atoms with Crippen LogP contribution in [0.2, 0.25) is 0 Å². The molecule has 17 heteroatoms. The smallest absolute Gasteiger partial charge is 0.349 e. The lowest BCUT2D eigenvalue weighted by Gasteiger charge is -2.17. The number of hydrogen-bond acceptors (Lipinski definition) is 17. The first-order valence-electron chi connectivity index (χ1n) is 18.4. The number of fused-ring (bicyclic) bond motifs is 1. The van der Waals surface area contributed by atoms with Crippen LogP contribution in [0.1, 0.15) is 52.6 Å². The van der Waals surface area contributed by atoms with Crippen molar-refractivity contribution in [2.45, 2.75) is 24.4 Å². The van der Waals surface area contributed by atoms with Crippen LogP contribution in [-0.2, 0) is 38.0 Å². The molecule has 4 atom stereocenters. The molecule has 0 spiro atoms. The van der Waals surface area contributed by atoms with Crippen molar-refractivity contribution >= 4 is 48.0 Å². The molecule has 0 N–H and O–H groups in total. The predicted molar refractivity (Wildman–Crippen MR) is 211 cm³/mol. The maximum Gasteiger partial charge on any atom is 0.349 e. The van der Waals surface area contributed by atoms with Gasteiger partial charge in [0.2, 0.25) is 0 Å². The molecule has 314 valence electrons. The van der Waals surface area contributed by atoms with Crippen molar-refractivity contribution in [1.29, 1.82) is 10.5 Å². The number of benzene rings is 4. The summed E-state index contributed by atoms with van der Waals surface area (Å²) in [4.78, 5) is 74.9. The summed E-state index contributed by atoms with van der Waals surface area (Å²) in [6, 6.07) is 25.3. The van der Waals surface area contributed by atoms with Gasteiger partial charge in [-0.15, -0.1) is 0 Å². The zero-order chi connectivity index (χ0) is 44.3. The predicted octanol–water partition coefficient (Wildman–Crippen LogP) is 4.84. The lowest BCUT2D eigenvalue weighted by molar-refractivity contribution is -0.150. The van der Waals surface area contributed by atoms with E-state index >= 15 is 0 Å². The lowest BCUT2D eigenvalue weighted by atomic mass is 10.1. The summed E-state index contributed by atoms with van der Waals surface area (Å²) >= 11 is 0. The lowest BCUT2D eigenvalue weighted by Crippen LogP contribution is -2.36. The van der Waals surface area contributed by atoms with Crippen LogP contribution in [0.15, 0.2) is 102 Å². The molecule has 2 aliphatic heterocycles. The van der Waals surface area contributed by atoms with Gasteiger partial charge in [-0.25, -0.2) is 28.8 Å². The molecule has 0 bridgehead atoms. The van der Waals surface area contributed by atoms with Gasteiger partial charge in [0.25, 0.3) is 0 Å². The second kappa shape index (κ2) is 19.8. The minimum Gasteiger partial charge on any atom is -0.493 e. The Balaban J connectivity index is 1.02. The number of carbonyl (C=O) groups excluding carboxylic acids is 6. The quantitative estimate of drug-likeness (QED) is 0.0576. The number of methoxy groups -OCH3 is 3. The zero-order valence-corrected chi connectivity index (χ0v) is 33.1. The number of hydrogen-bond donors (Lipinski definition) is 0. The summed E-state index contributed by atoms with van der Waals surface area (Å²) in [5.74, 6) is -4.12. The van der Waals surface area contributed by atoms with Crippen molar-refractivity contribution in [3.8, 4) is 29.4 Å². The van der Waals surface area contributed by atoms with Crippen molar-refractivity contribution in [2.75, 3.05) is 34.5 Å². The molecule has 4 aromatic rings. The Hall–Kier alpha value is -8.12. The van der Waals surface area contributed by atoms with Gasteiger partial charge in [-0.05, 0) is 96.1 Å². The van der Waals surface area contributed by atoms with E-state index in [9.17, 15) is 39.3 Å². The maximum atomic E-state index is 13.2. The van der Waals surface area contributed by atoms with Crippen LogP contribution >= 0.6 is 0 Å². The highest BCUT2D eigenvalue weighted by atomic mass is 16.7. The van der Waals surface area contributed by atoms with Gasteiger partial charge in [0.15, 0.2) is 23.7 Å². The third-order valence-electron chi connectivity index (χ3n) is 9.35. The van der Waals surface area contributed by atoms with E-state index < -0.39 is 60.2 Å². The summed E-state index contributed by atoms with van der Waals surface area (Å²) in [5, 5.41) is 19.6. The fourth-order valence-electron chi connectivity index (χ4n) is 6.18. The summed E-state index contributed by atoms with van der Waals surface area (Å²) in [7, 11) is 3.82. The van der Waals surface area contributed by atoms with Crippen LogP contribution in [-0.4, -0.2) is 94.8 Å². The van der Waals surface area contributed by atoms with E-state index in [2.05, 4.69) is 9.47 Å². The van der Waals surface area contributed by atoms with Crippen LogP contribution in [0, 0.1) is 22.7 Å². The SMILES string of the molecule is COC(=O)c1ccc(C(=O)Oc2ccc(/C=C(\C#N)C(=O)O[C@H]3CO[C@H]4[C@@H]3OC[C@H]4OC(=O)/C(C#N)=C/c3ccc(OC(=O)c4ccc(C(=O)OC)cc4)c(OC)c3)cc2)cc1. The Labute approximate surface area is 353 Å². The minimum absolute atomic E-state index is 0.0471. The maximum absolute atomic E-state index is 13.2. The average molecular weight is 843 g/mol. The number of nitrogens with zero attached hydrogens (tertiary/aromatic N) is 2. The van der Waals surface area contributed by atoms with Gasteiger partial charge >= 0.3 is 35.8 Å². The molecule has 2 fully saturated rings. The van der Waals surface area contributed by atoms with Crippen molar-refractivity contribution in [3.05, 3.63) is 136 Å². The second-order valence-corrected chi connectivity index (χ2v) is 13.2. The molecule has 0 radical (unpaired) electrons. The number of carbonyl (C=O) groups is 6. The van der Waals surface area contributed by atoms with Crippen molar-refractivity contribution < 1.29 is 71.4 Å². The van der Waals surface area contributed by atoms with E-state index in [1.807, 2.05) is 12.1 Å². The fraction of sp³-hybridized carbons (Fsp3) is 0.200. The highest BCUT2D eigenvalue weighted by Crippen LogP contribution is 2.33. The standard InChI is InChI=1S/C45H34N2O15/c1-54-35-20-26(6-17-34(35)60-43(51)30-13-9-28(10-14-30)41(49)56-3)19-32(22-47)45(53)62-37-24-58-38-36(23-57-39(37)38)61-44(52)31(21-46)18-25-4-15-33(16-5-25)59-42(50)29-11-7-27(8-12-29)40(48)55-2/h4-20,36-39H,23-24H2,1-3H3/b31-18+,32-19+/t36-,37+,38+,39+/m0/s1. The fourth-order valence-corrected chi connectivity index (χ4v) is 6.18. The van der Waals surface area contributed by atoms with Crippen LogP contribution in [0.25, 0.3) is 12.2 Å². The van der Waals surface area contributed by atoms with E-state index in [1.54, 1.807) is 0 Å². The van der Waals surface area contributed by atoms with Gasteiger partial charge in [-0.3, -0.25) is 0 Å². The molecule has 2 aliphatic rings. The van der Waals surface area contributed by atoms with Gasteiger partial charge in [-0.1, -0.05) is 18.2 Å².